The molecule has 0 amide bonds. The minimum absolute atomic E-state index is 0.0246. The van der Waals surface area contributed by atoms with E-state index in [1.807, 2.05) is 31.2 Å². The molecule has 2 N–H and O–H groups in total. The number of nitrogens with zero attached hydrogens (tertiary/aromatic N) is 2. The van der Waals surface area contributed by atoms with Gasteiger partial charge < -0.3 is 20.1 Å². The number of nitrogens with one attached hydrogen (secondary N) is 2. The number of para-hydroxylation sites is 2. The van der Waals surface area contributed by atoms with Gasteiger partial charge in [0.1, 0.15) is 6.10 Å². The molecule has 29 heavy (non-hydrogen) atoms. The molecule has 0 bridgehead atoms. The Hall–Kier alpha value is -2.73. The minimum atomic E-state index is -0.0246. The van der Waals surface area contributed by atoms with Crippen LogP contribution >= 0.6 is 0 Å². The molecule has 156 valence electrons. The number of ether oxygens (including phenoxy) is 2. The minimum Gasteiger partial charge on any atom is -0.493 e. The Morgan fingerprint density at radius 2 is 1.79 bits per heavy atom. The summed E-state index contributed by atoms with van der Waals surface area (Å²) < 4.78 is 11.3. The highest BCUT2D eigenvalue weighted by Gasteiger charge is 2.15. The van der Waals surface area contributed by atoms with Crippen molar-refractivity contribution in [3.8, 4) is 11.5 Å². The average molecular weight is 397 g/mol. The Labute approximate surface area is 173 Å². The summed E-state index contributed by atoms with van der Waals surface area (Å²) in [6.45, 7) is 6.64. The summed E-state index contributed by atoms with van der Waals surface area (Å²) in [6, 6.07) is 16.4. The molecule has 2 aromatic carbocycles. The zero-order valence-corrected chi connectivity index (χ0v) is 17.6. The maximum atomic E-state index is 5.99. The van der Waals surface area contributed by atoms with Crippen molar-refractivity contribution in [1.29, 1.82) is 0 Å². The van der Waals surface area contributed by atoms with Gasteiger partial charge in [-0.1, -0.05) is 36.4 Å². The average Bonchev–Trinajstić information content (AvgIpc) is 2.76. The second-order valence-corrected chi connectivity index (χ2v) is 7.25. The van der Waals surface area contributed by atoms with E-state index >= 15 is 0 Å². The quantitative estimate of drug-likeness (QED) is 0.531. The fourth-order valence-corrected chi connectivity index (χ4v) is 3.51. The van der Waals surface area contributed by atoms with Crippen LogP contribution in [0.4, 0.5) is 0 Å². The highest BCUT2D eigenvalue weighted by atomic mass is 16.5. The van der Waals surface area contributed by atoms with Crippen LogP contribution in [-0.4, -0.2) is 57.3 Å². The zero-order chi connectivity index (χ0) is 20.5. The lowest BCUT2D eigenvalue weighted by atomic mass is 10.00. The van der Waals surface area contributed by atoms with Crippen LogP contribution in [0.25, 0.3) is 0 Å². The summed E-state index contributed by atoms with van der Waals surface area (Å²) in [5.74, 6) is 2.28. The predicted octanol–water partition coefficient (Wildman–Crippen LogP) is 2.69. The summed E-state index contributed by atoms with van der Waals surface area (Å²) in [5.41, 5.74) is 2.93. The summed E-state index contributed by atoms with van der Waals surface area (Å²) in [7, 11) is 3.44. The fourth-order valence-electron chi connectivity index (χ4n) is 3.51. The number of aliphatic imine (C=N–C) groups is 1. The molecule has 0 fully saturated rings. The molecule has 6 nitrogen and oxygen atoms in total. The Morgan fingerprint density at radius 1 is 1.07 bits per heavy atom. The monoisotopic (exact) mass is 396 g/mol. The van der Waals surface area contributed by atoms with Gasteiger partial charge in [-0.3, -0.25) is 9.89 Å². The summed E-state index contributed by atoms with van der Waals surface area (Å²) in [4.78, 5) is 6.80. The van der Waals surface area contributed by atoms with E-state index in [1.165, 1.54) is 11.1 Å². The number of guanidine groups is 1. The largest absolute Gasteiger partial charge is 0.493 e. The van der Waals surface area contributed by atoms with E-state index in [-0.39, 0.29) is 6.10 Å². The molecule has 2 aromatic rings. The van der Waals surface area contributed by atoms with E-state index in [0.717, 1.165) is 50.1 Å². The lowest BCUT2D eigenvalue weighted by Crippen LogP contribution is -2.45. The fraction of sp³-hybridized carbons (Fsp3) is 0.435. The smallest absolute Gasteiger partial charge is 0.191 e. The van der Waals surface area contributed by atoms with Gasteiger partial charge in [0.15, 0.2) is 17.5 Å². The van der Waals surface area contributed by atoms with Gasteiger partial charge in [-0.15, -0.1) is 0 Å². The maximum absolute atomic E-state index is 5.99. The lowest BCUT2D eigenvalue weighted by Gasteiger charge is -2.29. The van der Waals surface area contributed by atoms with Crippen molar-refractivity contribution in [2.24, 2.45) is 4.99 Å². The lowest BCUT2D eigenvalue weighted by molar-refractivity contribution is 0.213. The van der Waals surface area contributed by atoms with Crippen molar-refractivity contribution in [2.45, 2.75) is 26.0 Å². The first-order valence-electron chi connectivity index (χ1n) is 10.2. The topological polar surface area (TPSA) is 58.1 Å². The molecule has 0 saturated heterocycles. The molecular weight excluding hydrogens is 364 g/mol. The number of rotatable bonds is 8. The van der Waals surface area contributed by atoms with Crippen LogP contribution < -0.4 is 20.1 Å². The molecule has 0 spiro atoms. The van der Waals surface area contributed by atoms with Crippen molar-refractivity contribution in [1.82, 2.24) is 15.5 Å². The third-order valence-electron chi connectivity index (χ3n) is 5.11. The molecule has 3 rings (SSSR count). The SMILES string of the molecule is CN=C(NCCN1CCc2ccccc2C1)NCC(C)Oc1ccccc1OC. The molecule has 6 heteroatoms. The Kier molecular flexibility index (Phi) is 7.76. The summed E-state index contributed by atoms with van der Waals surface area (Å²) >= 11 is 0. The molecular formula is C23H32N4O2. The van der Waals surface area contributed by atoms with Crippen molar-refractivity contribution < 1.29 is 9.47 Å². The van der Waals surface area contributed by atoms with Crippen molar-refractivity contribution in [3.63, 3.8) is 0 Å². The number of benzene rings is 2. The molecule has 0 aliphatic carbocycles. The predicted molar refractivity (Wildman–Crippen MR) is 118 cm³/mol. The van der Waals surface area contributed by atoms with Gasteiger partial charge in [-0.05, 0) is 36.6 Å². The van der Waals surface area contributed by atoms with Crippen LogP contribution in [0.15, 0.2) is 53.5 Å². The highest BCUT2D eigenvalue weighted by molar-refractivity contribution is 5.79. The number of fused-ring (bicyclic) bond motifs is 1. The van der Waals surface area contributed by atoms with Crippen LogP contribution in [0.1, 0.15) is 18.1 Å². The van der Waals surface area contributed by atoms with E-state index < -0.39 is 0 Å². The first-order valence-corrected chi connectivity index (χ1v) is 10.2. The molecule has 0 saturated carbocycles. The molecule has 1 heterocycles. The van der Waals surface area contributed by atoms with Gasteiger partial charge in [0.2, 0.25) is 0 Å². The van der Waals surface area contributed by atoms with E-state index in [1.54, 1.807) is 14.2 Å². The van der Waals surface area contributed by atoms with Crippen LogP contribution in [0.2, 0.25) is 0 Å². The third kappa shape index (κ3) is 6.12. The third-order valence-corrected chi connectivity index (χ3v) is 5.11. The van der Waals surface area contributed by atoms with E-state index in [9.17, 15) is 0 Å². The zero-order valence-electron chi connectivity index (χ0n) is 17.6. The Bertz CT molecular complexity index is 809. The Morgan fingerprint density at radius 3 is 2.55 bits per heavy atom. The number of hydrogen-bond donors (Lipinski definition) is 2. The van der Waals surface area contributed by atoms with Crippen molar-refractivity contribution >= 4 is 5.96 Å². The van der Waals surface area contributed by atoms with Gasteiger partial charge in [-0.2, -0.15) is 0 Å². The standard InChI is InChI=1S/C23H32N4O2/c1-18(29-22-11-7-6-10-21(22)28-3)16-26-23(24-2)25-13-15-27-14-12-19-8-4-5-9-20(19)17-27/h4-11,18H,12-17H2,1-3H3,(H2,24,25,26). The second-order valence-electron chi connectivity index (χ2n) is 7.25. The highest BCUT2D eigenvalue weighted by Crippen LogP contribution is 2.26. The van der Waals surface area contributed by atoms with Gasteiger partial charge in [0.05, 0.1) is 13.7 Å². The van der Waals surface area contributed by atoms with Crippen LogP contribution in [0.3, 0.4) is 0 Å². The number of methoxy groups -OCH3 is 1. The van der Waals surface area contributed by atoms with Gasteiger partial charge >= 0.3 is 0 Å². The van der Waals surface area contributed by atoms with E-state index in [4.69, 9.17) is 9.47 Å². The molecule has 0 aromatic heterocycles. The summed E-state index contributed by atoms with van der Waals surface area (Å²) in [6.07, 6.45) is 1.10. The van der Waals surface area contributed by atoms with E-state index in [2.05, 4.69) is 44.8 Å². The Balaban J connectivity index is 1.38. The normalized spacial score (nSPS) is 15.3. The van der Waals surface area contributed by atoms with Crippen molar-refractivity contribution in [3.05, 3.63) is 59.7 Å². The molecule has 0 radical (unpaired) electrons. The first kappa shape index (κ1) is 21.0. The molecule has 1 unspecified atom stereocenters. The van der Waals surface area contributed by atoms with Crippen LogP contribution in [0.5, 0.6) is 11.5 Å². The van der Waals surface area contributed by atoms with Crippen molar-refractivity contribution in [2.75, 3.05) is 40.3 Å². The molecule has 1 aliphatic rings. The van der Waals surface area contributed by atoms with Crippen LogP contribution in [0, 0.1) is 0 Å². The van der Waals surface area contributed by atoms with Crippen LogP contribution in [-0.2, 0) is 13.0 Å². The number of hydrogen-bond acceptors (Lipinski definition) is 4. The first-order chi connectivity index (χ1) is 14.2. The molecule has 1 atom stereocenters. The maximum Gasteiger partial charge on any atom is 0.191 e. The second kappa shape index (κ2) is 10.7. The van der Waals surface area contributed by atoms with E-state index in [0.29, 0.717) is 6.54 Å². The van der Waals surface area contributed by atoms with Gasteiger partial charge in [-0.25, -0.2) is 0 Å². The van der Waals surface area contributed by atoms with Gasteiger partial charge in [0, 0.05) is 33.2 Å². The van der Waals surface area contributed by atoms with Gasteiger partial charge in [0.25, 0.3) is 0 Å². The molecule has 1 aliphatic heterocycles. The summed E-state index contributed by atoms with van der Waals surface area (Å²) in [5, 5.41) is 6.73.